The predicted molar refractivity (Wildman–Crippen MR) is 105 cm³/mol. The number of benzene rings is 1. The number of nitrogens with one attached hydrogen (secondary N) is 1. The van der Waals surface area contributed by atoms with Gasteiger partial charge in [0.25, 0.3) is 5.91 Å². The van der Waals surface area contributed by atoms with Gasteiger partial charge >= 0.3 is 0 Å². The molecular weight excluding hydrogens is 345 g/mol. The minimum absolute atomic E-state index is 0.179. The first-order valence-electron chi connectivity index (χ1n) is 9.38. The number of aromatic nitrogens is 1. The number of halogens is 1. The van der Waals surface area contributed by atoms with Crippen LogP contribution in [0.1, 0.15) is 52.4 Å². The minimum Gasteiger partial charge on any atom is -0.366 e. The Morgan fingerprint density at radius 1 is 1.41 bits per heavy atom. The SMILES string of the molecule is C=CC=O.CN1CCCC(c2c(F)cc(C(N)=O)c3[nH]c4c(c23)CCC4)C1. The molecule has 1 amide bonds. The van der Waals surface area contributed by atoms with Crippen molar-refractivity contribution in [3.8, 4) is 0 Å². The molecule has 0 bridgehead atoms. The maximum absolute atomic E-state index is 15.0. The second kappa shape index (κ2) is 8.05. The molecule has 1 unspecified atom stereocenters. The quantitative estimate of drug-likeness (QED) is 0.643. The number of allylic oxidation sites excluding steroid dienone is 1. The topological polar surface area (TPSA) is 79.2 Å². The summed E-state index contributed by atoms with van der Waals surface area (Å²) < 4.78 is 15.0. The standard InChI is InChI=1S/C18H22FN3O.C3H4O/c1-22-7-3-4-10(9-22)15-13(19)8-12(18(20)23)17-16(15)11-5-2-6-14(11)21-17;1-2-3-4/h8,10,21H,2-7,9H2,1H3,(H2,20,23);2-3H,1H2. The van der Waals surface area contributed by atoms with E-state index in [9.17, 15) is 9.18 Å². The highest BCUT2D eigenvalue weighted by Gasteiger charge is 2.30. The molecule has 5 nitrogen and oxygen atoms in total. The van der Waals surface area contributed by atoms with Gasteiger partial charge in [0, 0.05) is 29.1 Å². The van der Waals surface area contributed by atoms with Crippen LogP contribution in [0.25, 0.3) is 10.9 Å². The summed E-state index contributed by atoms with van der Waals surface area (Å²) in [6, 6.07) is 1.33. The van der Waals surface area contributed by atoms with Gasteiger partial charge in [0.2, 0.25) is 0 Å². The highest BCUT2D eigenvalue weighted by molar-refractivity contribution is 6.07. The highest BCUT2D eigenvalue weighted by atomic mass is 19.1. The molecule has 1 aromatic carbocycles. The number of piperidine rings is 1. The number of nitrogens with two attached hydrogens (primary N) is 1. The van der Waals surface area contributed by atoms with Gasteiger partial charge in [-0.2, -0.15) is 0 Å². The van der Waals surface area contributed by atoms with Crippen molar-refractivity contribution >= 4 is 23.1 Å². The number of carbonyl (C=O) groups excluding carboxylic acids is 2. The number of nitrogens with zero attached hydrogens (tertiary/aromatic N) is 1. The van der Waals surface area contributed by atoms with Crippen LogP contribution in [0, 0.1) is 5.82 Å². The number of rotatable bonds is 3. The van der Waals surface area contributed by atoms with E-state index in [0.29, 0.717) is 6.29 Å². The molecule has 27 heavy (non-hydrogen) atoms. The van der Waals surface area contributed by atoms with E-state index in [-0.39, 0.29) is 17.3 Å². The fourth-order valence-electron chi connectivity index (χ4n) is 4.41. The van der Waals surface area contributed by atoms with E-state index in [4.69, 9.17) is 10.5 Å². The number of aromatic amines is 1. The second-order valence-corrected chi connectivity index (χ2v) is 7.34. The van der Waals surface area contributed by atoms with Gasteiger partial charge in [-0.1, -0.05) is 6.58 Å². The van der Waals surface area contributed by atoms with E-state index in [1.54, 1.807) is 0 Å². The van der Waals surface area contributed by atoms with Crippen LogP contribution < -0.4 is 5.73 Å². The zero-order valence-corrected chi connectivity index (χ0v) is 15.7. The lowest BCUT2D eigenvalue weighted by Gasteiger charge is -2.31. The van der Waals surface area contributed by atoms with E-state index < -0.39 is 5.91 Å². The van der Waals surface area contributed by atoms with Gasteiger partial charge in [0.1, 0.15) is 12.1 Å². The fourth-order valence-corrected chi connectivity index (χ4v) is 4.41. The van der Waals surface area contributed by atoms with Gasteiger partial charge < -0.3 is 15.6 Å². The molecule has 1 aliphatic carbocycles. The van der Waals surface area contributed by atoms with Crippen LogP contribution in [0.15, 0.2) is 18.7 Å². The number of amides is 1. The molecular formula is C21H26FN3O2. The van der Waals surface area contributed by atoms with E-state index in [1.165, 1.54) is 17.7 Å². The maximum atomic E-state index is 15.0. The molecule has 1 fully saturated rings. The molecule has 1 atom stereocenters. The summed E-state index contributed by atoms with van der Waals surface area (Å²) in [5, 5.41) is 0.937. The van der Waals surface area contributed by atoms with Crippen LogP contribution in [0.5, 0.6) is 0 Å². The number of aryl methyl sites for hydroxylation is 2. The molecule has 2 aromatic rings. The Bertz CT molecular complexity index is 881. The third-order valence-electron chi connectivity index (χ3n) is 5.51. The van der Waals surface area contributed by atoms with Crippen molar-refractivity contribution in [2.45, 2.75) is 38.0 Å². The van der Waals surface area contributed by atoms with E-state index in [1.807, 2.05) is 0 Å². The third kappa shape index (κ3) is 3.67. The Balaban J connectivity index is 0.000000481. The van der Waals surface area contributed by atoms with Crippen molar-refractivity contribution in [1.29, 1.82) is 0 Å². The zero-order chi connectivity index (χ0) is 19.6. The molecule has 1 aliphatic heterocycles. The molecule has 6 heteroatoms. The number of primary amides is 1. The number of fused-ring (bicyclic) bond motifs is 3. The van der Waals surface area contributed by atoms with Crippen molar-refractivity contribution in [1.82, 2.24) is 9.88 Å². The molecule has 2 aliphatic rings. The summed E-state index contributed by atoms with van der Waals surface area (Å²) in [4.78, 5) is 26.4. The lowest BCUT2D eigenvalue weighted by molar-refractivity contribution is -0.104. The number of hydrogen-bond donors (Lipinski definition) is 2. The smallest absolute Gasteiger partial charge is 0.250 e. The van der Waals surface area contributed by atoms with E-state index in [2.05, 4.69) is 23.5 Å². The zero-order valence-electron chi connectivity index (χ0n) is 15.7. The fraction of sp³-hybridized carbons (Fsp3) is 0.429. The summed E-state index contributed by atoms with van der Waals surface area (Å²) in [6.07, 6.45) is 6.91. The highest BCUT2D eigenvalue weighted by Crippen LogP contribution is 2.40. The summed E-state index contributed by atoms with van der Waals surface area (Å²) in [5.41, 5.74) is 9.64. The first kappa shape index (κ1) is 19.3. The van der Waals surface area contributed by atoms with Gasteiger partial charge in [-0.05, 0) is 63.4 Å². The lowest BCUT2D eigenvalue weighted by atomic mass is 9.86. The Hall–Kier alpha value is -2.47. The van der Waals surface area contributed by atoms with Crippen LogP contribution in [0.3, 0.4) is 0 Å². The molecule has 0 radical (unpaired) electrons. The Morgan fingerprint density at radius 2 is 2.15 bits per heavy atom. The Morgan fingerprint density at radius 3 is 2.78 bits per heavy atom. The molecule has 3 N–H and O–H groups in total. The van der Waals surface area contributed by atoms with Gasteiger partial charge in [-0.15, -0.1) is 0 Å². The first-order valence-corrected chi connectivity index (χ1v) is 9.38. The van der Waals surface area contributed by atoms with Crippen LogP contribution in [-0.2, 0) is 17.6 Å². The Labute approximate surface area is 158 Å². The summed E-state index contributed by atoms with van der Waals surface area (Å²) in [6.45, 7) is 5.04. The predicted octanol–water partition coefficient (Wildman–Crippen LogP) is 3.08. The summed E-state index contributed by atoms with van der Waals surface area (Å²) in [7, 11) is 2.08. The first-order chi connectivity index (χ1) is 13.0. The number of aldehydes is 1. The summed E-state index contributed by atoms with van der Waals surface area (Å²) >= 11 is 0. The number of hydrogen-bond acceptors (Lipinski definition) is 3. The van der Waals surface area contributed by atoms with E-state index >= 15 is 0 Å². The monoisotopic (exact) mass is 371 g/mol. The van der Waals surface area contributed by atoms with Gasteiger partial charge in [-0.25, -0.2) is 4.39 Å². The van der Waals surface area contributed by atoms with Crippen molar-refractivity contribution in [2.24, 2.45) is 5.73 Å². The molecule has 0 spiro atoms. The van der Waals surface area contributed by atoms with Crippen molar-refractivity contribution < 1.29 is 14.0 Å². The molecule has 2 heterocycles. The normalized spacial score (nSPS) is 19.3. The molecule has 0 saturated carbocycles. The summed E-state index contributed by atoms with van der Waals surface area (Å²) in [5.74, 6) is -0.667. The third-order valence-corrected chi connectivity index (χ3v) is 5.51. The number of likely N-dealkylation sites (N-methyl/N-ethyl adjacent to an activating group) is 1. The second-order valence-electron chi connectivity index (χ2n) is 7.34. The number of carbonyl (C=O) groups is 2. The van der Waals surface area contributed by atoms with Crippen LogP contribution in [0.4, 0.5) is 4.39 Å². The van der Waals surface area contributed by atoms with Crippen LogP contribution >= 0.6 is 0 Å². The Kier molecular flexibility index (Phi) is 5.75. The number of H-pyrrole nitrogens is 1. The van der Waals surface area contributed by atoms with E-state index in [0.717, 1.165) is 67.4 Å². The molecule has 1 saturated heterocycles. The number of likely N-dealkylation sites (tertiary alicyclic amines) is 1. The largest absolute Gasteiger partial charge is 0.366 e. The van der Waals surface area contributed by atoms with Crippen molar-refractivity contribution in [3.63, 3.8) is 0 Å². The molecule has 4 rings (SSSR count). The van der Waals surface area contributed by atoms with Crippen LogP contribution in [0.2, 0.25) is 0 Å². The van der Waals surface area contributed by atoms with Crippen molar-refractivity contribution in [3.05, 3.63) is 46.9 Å². The maximum Gasteiger partial charge on any atom is 0.250 e. The van der Waals surface area contributed by atoms with Crippen molar-refractivity contribution in [2.75, 3.05) is 20.1 Å². The van der Waals surface area contributed by atoms with Gasteiger partial charge in [0.15, 0.2) is 0 Å². The minimum atomic E-state index is -0.568. The lowest BCUT2D eigenvalue weighted by Crippen LogP contribution is -2.31. The average Bonchev–Trinajstić information content (AvgIpc) is 3.23. The average molecular weight is 371 g/mol. The van der Waals surface area contributed by atoms with Gasteiger partial charge in [0.05, 0.1) is 11.1 Å². The molecule has 144 valence electrons. The molecule has 1 aromatic heterocycles. The van der Waals surface area contributed by atoms with Crippen LogP contribution in [-0.4, -0.2) is 42.2 Å². The van der Waals surface area contributed by atoms with Gasteiger partial charge in [-0.3, -0.25) is 9.59 Å².